The average Bonchev–Trinajstić information content (AvgIpc) is 3.37. The fourth-order valence-electron chi connectivity index (χ4n) is 4.86. The molecule has 0 unspecified atom stereocenters. The number of carbonyl (C=O) groups excluding carboxylic acids is 2. The highest BCUT2D eigenvalue weighted by molar-refractivity contribution is 7.07. The molecule has 1 N–H and O–H groups in total. The molecule has 2 amide bonds. The van der Waals surface area contributed by atoms with Crippen molar-refractivity contribution >= 4 is 23.2 Å². The number of nitrogens with zero attached hydrogens (tertiary/aromatic N) is 2. The van der Waals surface area contributed by atoms with Crippen molar-refractivity contribution in [1.82, 2.24) is 15.2 Å². The Morgan fingerprint density at radius 1 is 1.28 bits per heavy atom. The van der Waals surface area contributed by atoms with Crippen LogP contribution in [-0.4, -0.2) is 47.5 Å². The first-order valence-electron chi connectivity index (χ1n) is 10.3. The second-order valence-electron chi connectivity index (χ2n) is 7.68. The Balaban J connectivity index is 1.63. The molecule has 1 aliphatic heterocycles. The summed E-state index contributed by atoms with van der Waals surface area (Å²) >= 11 is 1.44. The van der Waals surface area contributed by atoms with E-state index in [1.807, 2.05) is 24.8 Å². The Kier molecular flexibility index (Phi) is 5.69. The van der Waals surface area contributed by atoms with Crippen molar-refractivity contribution in [2.24, 2.45) is 0 Å². The minimum Gasteiger partial charge on any atom is -0.375 e. The Labute approximate surface area is 175 Å². The van der Waals surface area contributed by atoms with Crippen LogP contribution in [0.15, 0.2) is 35.2 Å². The molecule has 2 heterocycles. The van der Waals surface area contributed by atoms with E-state index in [2.05, 4.69) is 28.5 Å². The molecule has 2 atom stereocenters. The van der Waals surface area contributed by atoms with E-state index in [0.29, 0.717) is 31.8 Å². The number of aromatic nitrogens is 1. The Morgan fingerprint density at radius 3 is 2.69 bits per heavy atom. The monoisotopic (exact) mass is 413 g/mol. The van der Waals surface area contributed by atoms with Gasteiger partial charge >= 0.3 is 0 Å². The van der Waals surface area contributed by atoms with Gasteiger partial charge in [-0.1, -0.05) is 31.2 Å². The van der Waals surface area contributed by atoms with Crippen molar-refractivity contribution in [1.29, 1.82) is 0 Å². The van der Waals surface area contributed by atoms with Gasteiger partial charge in [0.1, 0.15) is 5.69 Å². The molecule has 0 bridgehead atoms. The third-order valence-electron chi connectivity index (χ3n) is 6.26. The molecule has 154 valence electrons. The number of amides is 2. The maximum Gasteiger partial charge on any atom is 0.273 e. The van der Waals surface area contributed by atoms with Gasteiger partial charge in [-0.15, -0.1) is 11.3 Å². The number of nitrogens with one attached hydrogen (secondary N) is 1. The summed E-state index contributed by atoms with van der Waals surface area (Å²) in [6.07, 6.45) is 1.93. The van der Waals surface area contributed by atoms with Crippen LogP contribution < -0.4 is 5.32 Å². The number of hydrogen-bond donors (Lipinski definition) is 1. The maximum atomic E-state index is 12.7. The van der Waals surface area contributed by atoms with E-state index in [9.17, 15) is 9.59 Å². The van der Waals surface area contributed by atoms with Gasteiger partial charge in [0.05, 0.1) is 17.7 Å². The fourth-order valence-corrected chi connectivity index (χ4v) is 5.39. The number of rotatable bonds is 5. The number of carbonyl (C=O) groups is 2. The van der Waals surface area contributed by atoms with Crippen LogP contribution in [0.3, 0.4) is 0 Å². The van der Waals surface area contributed by atoms with Crippen LogP contribution in [-0.2, 0) is 14.9 Å². The lowest BCUT2D eigenvalue weighted by Crippen LogP contribution is -2.52. The van der Waals surface area contributed by atoms with E-state index in [-0.39, 0.29) is 29.4 Å². The zero-order valence-electron chi connectivity index (χ0n) is 16.9. The number of likely N-dealkylation sites (tertiary alicyclic amines) is 1. The number of thiazole rings is 1. The number of piperidine rings is 1. The summed E-state index contributed by atoms with van der Waals surface area (Å²) in [6.45, 7) is 5.76. The van der Waals surface area contributed by atoms with E-state index in [4.69, 9.17) is 4.74 Å². The predicted octanol–water partition coefficient (Wildman–Crippen LogP) is 3.30. The summed E-state index contributed by atoms with van der Waals surface area (Å²) in [5.41, 5.74) is 4.41. The second kappa shape index (κ2) is 8.24. The average molecular weight is 414 g/mol. The lowest BCUT2D eigenvalue weighted by atomic mass is 9.71. The lowest BCUT2D eigenvalue weighted by Gasteiger charge is -2.44. The summed E-state index contributed by atoms with van der Waals surface area (Å²) in [5.74, 6) is 0.0267. The summed E-state index contributed by atoms with van der Waals surface area (Å²) in [6, 6.07) is 8.19. The number of benzene rings is 1. The molecule has 1 aromatic heterocycles. The van der Waals surface area contributed by atoms with E-state index in [1.54, 1.807) is 10.9 Å². The van der Waals surface area contributed by atoms with Gasteiger partial charge in [0.15, 0.2) is 0 Å². The van der Waals surface area contributed by atoms with E-state index < -0.39 is 0 Å². The van der Waals surface area contributed by atoms with Crippen molar-refractivity contribution in [3.05, 3.63) is 52.0 Å². The van der Waals surface area contributed by atoms with Gasteiger partial charge in [-0.2, -0.15) is 0 Å². The maximum absolute atomic E-state index is 12.7. The molecule has 7 heteroatoms. The zero-order valence-corrected chi connectivity index (χ0v) is 17.7. The minimum atomic E-state index is -0.197. The van der Waals surface area contributed by atoms with Crippen LogP contribution in [0.4, 0.5) is 0 Å². The number of fused-ring (bicyclic) bond motifs is 2. The van der Waals surface area contributed by atoms with Crippen molar-refractivity contribution in [3.8, 4) is 0 Å². The summed E-state index contributed by atoms with van der Waals surface area (Å²) in [7, 11) is 0. The third-order valence-corrected chi connectivity index (χ3v) is 6.84. The molecule has 2 aliphatic rings. The predicted molar refractivity (Wildman–Crippen MR) is 112 cm³/mol. The molecule has 0 saturated carbocycles. The minimum absolute atomic E-state index is 0.00354. The standard InChI is InChI=1S/C22H27N3O3S/c1-3-18(26)24-19-15-7-5-6-8-16(15)22(20(19)28-4-2)9-11-25(12-10-22)21(27)17-13-29-14-23-17/h5-8,13-14,19-20H,3-4,9-12H2,1-2H3,(H,24,26)/t19-,20+/m0/s1. The van der Waals surface area contributed by atoms with Gasteiger partial charge < -0.3 is 15.0 Å². The molecule has 1 saturated heterocycles. The SMILES string of the molecule is CCO[C@@H]1[C@@H](NC(=O)CC)c2ccccc2C12CCN(C(=O)c1cscn1)CC2. The highest BCUT2D eigenvalue weighted by atomic mass is 32.1. The van der Waals surface area contributed by atoms with Gasteiger partial charge in [0.2, 0.25) is 5.91 Å². The first kappa shape index (κ1) is 20.0. The van der Waals surface area contributed by atoms with Gasteiger partial charge in [-0.05, 0) is 30.9 Å². The van der Waals surface area contributed by atoms with E-state index in [0.717, 1.165) is 18.4 Å². The summed E-state index contributed by atoms with van der Waals surface area (Å²) in [5, 5.41) is 5.00. The first-order chi connectivity index (χ1) is 14.1. The molecular weight excluding hydrogens is 386 g/mol. The largest absolute Gasteiger partial charge is 0.375 e. The molecule has 1 fully saturated rings. The fraction of sp³-hybridized carbons (Fsp3) is 0.500. The molecule has 29 heavy (non-hydrogen) atoms. The highest BCUT2D eigenvalue weighted by Crippen LogP contribution is 2.52. The van der Waals surface area contributed by atoms with Gasteiger partial charge in [0.25, 0.3) is 5.91 Å². The van der Waals surface area contributed by atoms with Crippen molar-refractivity contribution < 1.29 is 14.3 Å². The lowest BCUT2D eigenvalue weighted by molar-refractivity contribution is -0.123. The smallest absolute Gasteiger partial charge is 0.273 e. The van der Waals surface area contributed by atoms with Crippen LogP contribution in [0.5, 0.6) is 0 Å². The summed E-state index contributed by atoms with van der Waals surface area (Å²) < 4.78 is 6.28. The van der Waals surface area contributed by atoms with Crippen LogP contribution in [0.2, 0.25) is 0 Å². The van der Waals surface area contributed by atoms with Gasteiger partial charge in [-0.25, -0.2) is 4.98 Å². The van der Waals surface area contributed by atoms with Gasteiger partial charge in [-0.3, -0.25) is 9.59 Å². The number of hydrogen-bond acceptors (Lipinski definition) is 5. The Bertz CT molecular complexity index is 875. The van der Waals surface area contributed by atoms with Crippen LogP contribution in [0.1, 0.15) is 60.8 Å². The van der Waals surface area contributed by atoms with Crippen LogP contribution >= 0.6 is 11.3 Å². The topological polar surface area (TPSA) is 71.5 Å². The highest BCUT2D eigenvalue weighted by Gasteiger charge is 2.54. The van der Waals surface area contributed by atoms with Crippen molar-refractivity contribution in [2.45, 2.75) is 50.7 Å². The Morgan fingerprint density at radius 2 is 2.03 bits per heavy atom. The first-order valence-corrected chi connectivity index (χ1v) is 11.2. The Hall–Kier alpha value is -2.25. The summed E-state index contributed by atoms with van der Waals surface area (Å²) in [4.78, 5) is 31.1. The molecule has 1 aromatic carbocycles. The molecule has 6 nitrogen and oxygen atoms in total. The number of ether oxygens (including phenoxy) is 1. The van der Waals surface area contributed by atoms with Crippen molar-refractivity contribution in [2.75, 3.05) is 19.7 Å². The third kappa shape index (κ3) is 3.46. The molecule has 1 aliphatic carbocycles. The van der Waals surface area contributed by atoms with E-state index in [1.165, 1.54) is 16.9 Å². The quantitative estimate of drug-likeness (QED) is 0.816. The second-order valence-corrected chi connectivity index (χ2v) is 8.40. The zero-order chi connectivity index (χ0) is 20.4. The normalized spacial score (nSPS) is 22.5. The van der Waals surface area contributed by atoms with Crippen LogP contribution in [0, 0.1) is 0 Å². The molecule has 2 aromatic rings. The van der Waals surface area contributed by atoms with Gasteiger partial charge in [0, 0.05) is 36.9 Å². The molecule has 1 spiro atoms. The molecular formula is C22H27N3O3S. The van der Waals surface area contributed by atoms with Crippen molar-refractivity contribution in [3.63, 3.8) is 0 Å². The molecule has 4 rings (SSSR count). The molecule has 0 radical (unpaired) electrons. The van der Waals surface area contributed by atoms with Crippen LogP contribution in [0.25, 0.3) is 0 Å². The van der Waals surface area contributed by atoms with E-state index >= 15 is 0 Å².